The fourth-order valence-corrected chi connectivity index (χ4v) is 3.94. The summed E-state index contributed by atoms with van der Waals surface area (Å²) in [6, 6.07) is 3.93. The van der Waals surface area contributed by atoms with Gasteiger partial charge in [-0.3, -0.25) is 4.79 Å². The molecule has 2 saturated heterocycles. The summed E-state index contributed by atoms with van der Waals surface area (Å²) in [5.74, 6) is 0.731. The van der Waals surface area contributed by atoms with Crippen molar-refractivity contribution in [2.75, 3.05) is 26.3 Å². The third-order valence-electron chi connectivity index (χ3n) is 4.59. The Morgan fingerprint density at radius 3 is 3.18 bits per heavy atom. The van der Waals surface area contributed by atoms with Crippen LogP contribution in [0.15, 0.2) is 28.2 Å². The van der Waals surface area contributed by atoms with Gasteiger partial charge in [-0.2, -0.15) is 0 Å². The quantitative estimate of drug-likeness (QED) is 0.873. The van der Waals surface area contributed by atoms with Crippen LogP contribution in [-0.4, -0.2) is 42.1 Å². The first-order valence-electron chi connectivity index (χ1n) is 7.58. The maximum atomic E-state index is 12.5. The van der Waals surface area contributed by atoms with E-state index in [0.29, 0.717) is 18.0 Å². The van der Waals surface area contributed by atoms with Crippen molar-refractivity contribution < 1.29 is 13.9 Å². The van der Waals surface area contributed by atoms with E-state index in [2.05, 4.69) is 4.98 Å². The van der Waals surface area contributed by atoms with Gasteiger partial charge in [-0.15, -0.1) is 11.3 Å². The molecule has 0 bridgehead atoms. The zero-order valence-corrected chi connectivity index (χ0v) is 13.1. The van der Waals surface area contributed by atoms with E-state index in [9.17, 15) is 4.79 Å². The van der Waals surface area contributed by atoms with E-state index in [-0.39, 0.29) is 11.3 Å². The summed E-state index contributed by atoms with van der Waals surface area (Å²) in [5, 5.41) is 1.98. The number of carbonyl (C=O) groups excluding carboxylic acids is 1. The lowest BCUT2D eigenvalue weighted by Gasteiger charge is -2.21. The van der Waals surface area contributed by atoms with Gasteiger partial charge >= 0.3 is 0 Å². The maximum absolute atomic E-state index is 12.5. The van der Waals surface area contributed by atoms with Crippen molar-refractivity contribution in [3.8, 4) is 10.8 Å². The number of amides is 1. The Balaban J connectivity index is 1.40. The van der Waals surface area contributed by atoms with Gasteiger partial charge in [0.25, 0.3) is 0 Å². The van der Waals surface area contributed by atoms with E-state index >= 15 is 0 Å². The van der Waals surface area contributed by atoms with Gasteiger partial charge in [0, 0.05) is 25.1 Å². The van der Waals surface area contributed by atoms with Crippen LogP contribution in [0.25, 0.3) is 10.8 Å². The molecule has 2 aromatic rings. The number of rotatable bonds is 3. The Labute approximate surface area is 132 Å². The molecule has 4 heterocycles. The molecule has 4 rings (SSSR count). The molecule has 0 N–H and O–H groups in total. The molecule has 1 unspecified atom stereocenters. The number of ether oxygens (including phenoxy) is 1. The highest BCUT2D eigenvalue weighted by molar-refractivity contribution is 7.13. The Morgan fingerprint density at radius 1 is 1.45 bits per heavy atom. The number of aromatic nitrogens is 1. The van der Waals surface area contributed by atoms with Gasteiger partial charge in [0.15, 0.2) is 0 Å². The van der Waals surface area contributed by atoms with E-state index in [1.165, 1.54) is 0 Å². The van der Waals surface area contributed by atoms with Crippen LogP contribution in [0.1, 0.15) is 18.5 Å². The summed E-state index contributed by atoms with van der Waals surface area (Å²) in [4.78, 5) is 19.8. The molecule has 2 aliphatic rings. The van der Waals surface area contributed by atoms with Crippen molar-refractivity contribution in [2.45, 2.75) is 19.3 Å². The monoisotopic (exact) mass is 318 g/mol. The van der Waals surface area contributed by atoms with Gasteiger partial charge in [-0.05, 0) is 24.3 Å². The maximum Gasteiger partial charge on any atom is 0.236 e. The molecule has 22 heavy (non-hydrogen) atoms. The summed E-state index contributed by atoms with van der Waals surface area (Å²) in [5.41, 5.74) is 0.916. The van der Waals surface area contributed by atoms with Gasteiger partial charge in [-0.25, -0.2) is 4.98 Å². The van der Waals surface area contributed by atoms with Crippen LogP contribution >= 0.6 is 11.3 Å². The average molecular weight is 318 g/mol. The SMILES string of the molecule is O=C(Cc1coc(-c2cccs2)n1)N1CCC2(CCOC2)C1. The second-order valence-electron chi connectivity index (χ2n) is 6.17. The highest BCUT2D eigenvalue weighted by Crippen LogP contribution is 2.38. The topological polar surface area (TPSA) is 55.6 Å². The van der Waals surface area contributed by atoms with E-state index in [4.69, 9.17) is 9.15 Å². The molecular weight excluding hydrogens is 300 g/mol. The number of hydrogen-bond donors (Lipinski definition) is 0. The van der Waals surface area contributed by atoms with E-state index in [1.54, 1.807) is 17.6 Å². The first-order chi connectivity index (χ1) is 10.7. The summed E-state index contributed by atoms with van der Waals surface area (Å²) in [6.07, 6.45) is 4.03. The van der Waals surface area contributed by atoms with Crippen LogP contribution in [0.4, 0.5) is 0 Å². The number of oxazole rings is 1. The van der Waals surface area contributed by atoms with Crippen LogP contribution in [0.2, 0.25) is 0 Å². The van der Waals surface area contributed by atoms with Crippen molar-refractivity contribution >= 4 is 17.2 Å². The third-order valence-corrected chi connectivity index (χ3v) is 5.45. The van der Waals surface area contributed by atoms with E-state index in [1.807, 2.05) is 22.4 Å². The Bertz CT molecular complexity index is 659. The molecule has 2 aliphatic heterocycles. The van der Waals surface area contributed by atoms with E-state index < -0.39 is 0 Å². The molecule has 5 nitrogen and oxygen atoms in total. The molecule has 0 aromatic carbocycles. The lowest BCUT2D eigenvalue weighted by Crippen LogP contribution is -2.33. The second kappa shape index (κ2) is 5.52. The van der Waals surface area contributed by atoms with Gasteiger partial charge in [-0.1, -0.05) is 6.07 Å². The zero-order valence-electron chi connectivity index (χ0n) is 12.3. The minimum atomic E-state index is 0.134. The predicted molar refractivity (Wildman–Crippen MR) is 82.6 cm³/mol. The molecular formula is C16H18N2O3S. The van der Waals surface area contributed by atoms with Gasteiger partial charge in [0.1, 0.15) is 6.26 Å². The van der Waals surface area contributed by atoms with Crippen molar-refractivity contribution in [3.63, 3.8) is 0 Å². The van der Waals surface area contributed by atoms with Crippen molar-refractivity contribution in [3.05, 3.63) is 29.5 Å². The Morgan fingerprint density at radius 2 is 2.41 bits per heavy atom. The standard InChI is InChI=1S/C16H18N2O3S/c19-14(18-5-3-16(10-18)4-6-20-11-16)8-12-9-21-15(17-12)13-2-1-7-22-13/h1-2,7,9H,3-6,8,10-11H2. The van der Waals surface area contributed by atoms with Crippen LogP contribution in [-0.2, 0) is 16.0 Å². The normalized spacial score (nSPS) is 24.5. The summed E-state index contributed by atoms with van der Waals surface area (Å²) >= 11 is 1.58. The molecule has 2 aromatic heterocycles. The largest absolute Gasteiger partial charge is 0.444 e. The molecule has 0 radical (unpaired) electrons. The van der Waals surface area contributed by atoms with Crippen LogP contribution in [0.3, 0.4) is 0 Å². The second-order valence-corrected chi connectivity index (χ2v) is 7.11. The molecule has 116 valence electrons. The summed E-state index contributed by atoms with van der Waals surface area (Å²) in [6.45, 7) is 3.28. The Hall–Kier alpha value is -1.66. The van der Waals surface area contributed by atoms with Crippen LogP contribution in [0, 0.1) is 5.41 Å². The van der Waals surface area contributed by atoms with Gasteiger partial charge < -0.3 is 14.1 Å². The fraction of sp³-hybridized carbons (Fsp3) is 0.500. The minimum absolute atomic E-state index is 0.134. The third kappa shape index (κ3) is 2.57. The van der Waals surface area contributed by atoms with Crippen molar-refractivity contribution in [2.24, 2.45) is 5.41 Å². The summed E-state index contributed by atoms with van der Waals surface area (Å²) < 4.78 is 11.0. The molecule has 1 amide bonds. The smallest absolute Gasteiger partial charge is 0.236 e. The van der Waals surface area contributed by atoms with Gasteiger partial charge in [0.05, 0.1) is 23.6 Å². The first kappa shape index (κ1) is 14.0. The zero-order chi connectivity index (χ0) is 15.0. The highest BCUT2D eigenvalue weighted by atomic mass is 32.1. The molecule has 1 spiro atoms. The molecule has 2 fully saturated rings. The molecule has 6 heteroatoms. The lowest BCUT2D eigenvalue weighted by atomic mass is 9.87. The minimum Gasteiger partial charge on any atom is -0.444 e. The number of carbonyl (C=O) groups is 1. The number of thiophene rings is 1. The fourth-order valence-electron chi connectivity index (χ4n) is 3.29. The number of nitrogens with zero attached hydrogens (tertiary/aromatic N) is 2. The van der Waals surface area contributed by atoms with Gasteiger partial charge in [0.2, 0.25) is 11.8 Å². The number of likely N-dealkylation sites (tertiary alicyclic amines) is 1. The van der Waals surface area contributed by atoms with Crippen molar-refractivity contribution in [1.29, 1.82) is 0 Å². The molecule has 0 aliphatic carbocycles. The van der Waals surface area contributed by atoms with Crippen LogP contribution < -0.4 is 0 Å². The first-order valence-corrected chi connectivity index (χ1v) is 8.46. The molecule has 1 atom stereocenters. The average Bonchev–Trinajstić information content (AvgIpc) is 3.27. The number of hydrogen-bond acceptors (Lipinski definition) is 5. The summed E-state index contributed by atoms with van der Waals surface area (Å²) in [7, 11) is 0. The van der Waals surface area contributed by atoms with Crippen molar-refractivity contribution in [1.82, 2.24) is 9.88 Å². The lowest BCUT2D eigenvalue weighted by molar-refractivity contribution is -0.129. The van der Waals surface area contributed by atoms with E-state index in [0.717, 1.165) is 44.0 Å². The Kier molecular flexibility index (Phi) is 3.50. The molecule has 0 saturated carbocycles. The highest BCUT2D eigenvalue weighted by Gasteiger charge is 2.42. The predicted octanol–water partition coefficient (Wildman–Crippen LogP) is 2.58. The van der Waals surface area contributed by atoms with Crippen LogP contribution in [0.5, 0.6) is 0 Å².